The summed E-state index contributed by atoms with van der Waals surface area (Å²) in [5.74, 6) is -2.81. The Hall–Kier alpha value is -7.84. The number of anilines is 4. The average molecular weight is 1680 g/mol. The third kappa shape index (κ3) is 18.6. The number of hydroxylamine groups is 1. The Kier molecular flexibility index (Phi) is 31.5. The molecule has 29 nitrogen and oxygen atoms in total. The number of ether oxygens (including phenoxy) is 5. The number of aliphatic carboxylic acids is 1. The van der Waals surface area contributed by atoms with Crippen LogP contribution >= 0.6 is 54.0 Å². The standard InChI is InChI=1S/C17H16ClNO5S.C16H15ClN2O5S.C16H14ClNO5S.C13H9ClFNO3S.C5H11O5P.CH3O.Na/c1-23-13-8-9-14-16(17(13)18)12(10-15(20)24-2)19(25(14,21)22)11-6-4-3-5-7-11;1-24-12-7-8-13-15(16(12)17)11(9-14(20)18-21)19(25(13,22)23)10-5-3-2-4-6-10;1-23-12-7-8-13-15(16(12)17)11(9-14(19)20)18(24(13,21)22)10-5-3-2-4-6-10;14-12-9(15)6-7-10-11(12)13(17)16(20(10,18)19)8-4-2-1-3-5-8;1-8-5(6)4-11(7,9-2)10-3;1-2;/h3-9,12H,10H2,1-2H3;2-8,11,21H,9H2,1H3,(H,18,20);2-8,11H,9H2,1H3,(H,19,20);1-7,13,17H;4H2,1-3H3;1H3;/q;;;;;-1;+1. The molecule has 4 heterocycles. The number of methoxy groups -OCH3 is 5. The maximum Gasteiger partial charge on any atom is 1.00 e. The van der Waals surface area contributed by atoms with Crippen molar-refractivity contribution in [2.75, 3.05) is 80.3 Å². The van der Waals surface area contributed by atoms with E-state index >= 15 is 0 Å². The summed E-state index contributed by atoms with van der Waals surface area (Å²) in [5, 5.41) is 36.6. The van der Waals surface area contributed by atoms with Gasteiger partial charge < -0.3 is 48.1 Å². The van der Waals surface area contributed by atoms with E-state index in [1.165, 1.54) is 108 Å². The van der Waals surface area contributed by atoms with Gasteiger partial charge in [0, 0.05) is 36.5 Å². The molecule has 4 atom stereocenters. The Morgan fingerprint density at radius 1 is 0.454 bits per heavy atom. The topological polar surface area (TPSA) is 395 Å². The summed E-state index contributed by atoms with van der Waals surface area (Å²) < 4.78 is 166. The molecule has 0 spiro atoms. The number of amides is 1. The van der Waals surface area contributed by atoms with E-state index in [4.69, 9.17) is 75.7 Å². The Morgan fingerprint density at radius 3 is 1.06 bits per heavy atom. The van der Waals surface area contributed by atoms with E-state index in [-0.39, 0.29) is 111 Å². The summed E-state index contributed by atoms with van der Waals surface area (Å²) in [4.78, 5) is 45.5. The number of aliphatic hydroxyl groups is 1. The van der Waals surface area contributed by atoms with Crippen LogP contribution in [0.1, 0.15) is 65.9 Å². The van der Waals surface area contributed by atoms with E-state index in [0.717, 1.165) is 32.2 Å². The van der Waals surface area contributed by atoms with Crippen LogP contribution in [0.2, 0.25) is 20.1 Å². The number of hydrogen-bond acceptors (Lipinski definition) is 23. The van der Waals surface area contributed by atoms with Crippen LogP contribution in [-0.4, -0.2) is 136 Å². The number of rotatable bonds is 17. The van der Waals surface area contributed by atoms with Crippen LogP contribution in [-0.2, 0) is 82.4 Å². The smallest absolute Gasteiger partial charge is 0.857 e. The molecule has 8 aromatic carbocycles. The molecule has 0 aromatic heterocycles. The molecule has 8 aromatic rings. The van der Waals surface area contributed by atoms with Crippen LogP contribution in [0.25, 0.3) is 0 Å². The minimum atomic E-state index is -3.96. The predicted octanol–water partition coefficient (Wildman–Crippen LogP) is 8.03. The van der Waals surface area contributed by atoms with Crippen molar-refractivity contribution in [2.24, 2.45) is 0 Å². The zero-order valence-electron chi connectivity index (χ0n) is 58.5. The Bertz CT molecular complexity index is 4950. The predicted molar refractivity (Wildman–Crippen MR) is 391 cm³/mol. The SMILES string of the molecule is COC(=O)CC1c2c(ccc(OC)c2Cl)S(=O)(=O)N1c1ccccc1.COC(=O)CP(=O)(OC)OC.COc1ccc2c(c1Cl)C(CC(=O)NO)N(c1ccccc1)S2(=O)=O.COc1ccc2c(c1Cl)C(CC(=O)O)N(c1ccccc1)S2(=O)=O.C[O-].O=S1(=O)c2ccc(F)c(Cl)c2C(O)N1c1ccccc1.[Na+]. The molecule has 0 fully saturated rings. The molecular weight excluding hydrogens is 1610 g/mol. The van der Waals surface area contributed by atoms with E-state index in [9.17, 15) is 72.0 Å². The molecule has 40 heteroatoms. The van der Waals surface area contributed by atoms with E-state index in [1.807, 2.05) is 0 Å². The van der Waals surface area contributed by atoms with E-state index in [0.29, 0.717) is 39.9 Å². The number of aliphatic hydroxyl groups excluding tert-OH is 1. The monoisotopic (exact) mass is 1680 g/mol. The molecular formula is C68H68Cl4FN5NaO24PS4. The van der Waals surface area contributed by atoms with Crippen molar-refractivity contribution in [2.45, 2.75) is 63.2 Å². The molecule has 574 valence electrons. The van der Waals surface area contributed by atoms with Gasteiger partial charge in [-0.05, 0) is 97.1 Å². The Morgan fingerprint density at radius 2 is 0.750 bits per heavy atom. The first-order chi connectivity index (χ1) is 50.7. The third-order valence-corrected chi connectivity index (χ3v) is 27.0. The van der Waals surface area contributed by atoms with Gasteiger partial charge in [0.05, 0.1) is 135 Å². The molecule has 0 bridgehead atoms. The average Bonchev–Trinajstić information content (AvgIpc) is 1.60. The summed E-state index contributed by atoms with van der Waals surface area (Å²) in [5.41, 5.74) is 3.78. The summed E-state index contributed by atoms with van der Waals surface area (Å²) in [6, 6.07) is 41.5. The second kappa shape index (κ2) is 38.2. The van der Waals surface area contributed by atoms with Crippen LogP contribution in [0, 0.1) is 5.82 Å². The molecule has 1 amide bonds. The minimum absolute atomic E-state index is 0. The number of benzene rings is 8. The van der Waals surface area contributed by atoms with E-state index in [2.05, 4.69) is 13.8 Å². The number of carbonyl (C=O) groups is 4. The number of carboxylic acid groups (broad SMARTS) is 1. The molecule has 4 aliphatic heterocycles. The zero-order chi connectivity index (χ0) is 79.3. The number of carbonyl (C=O) groups excluding carboxylic acids is 3. The summed E-state index contributed by atoms with van der Waals surface area (Å²) in [6.07, 6.45) is -2.76. The second-order valence-electron chi connectivity index (χ2n) is 22.0. The number of sulfonamides is 4. The van der Waals surface area contributed by atoms with Crippen molar-refractivity contribution in [1.82, 2.24) is 5.48 Å². The van der Waals surface area contributed by atoms with Crippen LogP contribution < -0.4 is 71.6 Å². The van der Waals surface area contributed by atoms with Crippen LogP contribution in [0.3, 0.4) is 0 Å². The molecule has 108 heavy (non-hydrogen) atoms. The minimum Gasteiger partial charge on any atom is -0.857 e. The zero-order valence-corrected chi connectivity index (χ0v) is 67.7. The van der Waals surface area contributed by atoms with Gasteiger partial charge in [-0.1, -0.05) is 119 Å². The Balaban J connectivity index is 0.000000214. The van der Waals surface area contributed by atoms with Gasteiger partial charge in [-0.2, -0.15) is 7.11 Å². The summed E-state index contributed by atoms with van der Waals surface area (Å²) in [7, 11) is -8.96. The summed E-state index contributed by atoms with van der Waals surface area (Å²) >= 11 is 24.8. The number of halogens is 5. The number of nitrogens with zero attached hydrogens (tertiary/aromatic N) is 4. The third-order valence-electron chi connectivity index (χ3n) is 16.2. The number of esters is 2. The molecule has 0 saturated carbocycles. The van der Waals surface area contributed by atoms with Gasteiger partial charge >= 0.3 is 55.1 Å². The molecule has 4 unspecified atom stereocenters. The van der Waals surface area contributed by atoms with Gasteiger partial charge in [-0.25, -0.2) is 47.8 Å². The largest absolute Gasteiger partial charge is 1.00 e. The maximum atomic E-state index is 13.5. The Labute approximate surface area is 664 Å². The molecule has 4 aliphatic rings. The first kappa shape index (κ1) is 89.1. The van der Waals surface area contributed by atoms with Gasteiger partial charge in [0.25, 0.3) is 40.1 Å². The number of nitrogens with one attached hydrogen (secondary N) is 1. The first-order valence-corrected chi connectivity index (χ1v) is 39.8. The van der Waals surface area contributed by atoms with Gasteiger partial charge in [-0.3, -0.25) is 41.9 Å². The second-order valence-corrected chi connectivity index (χ2v) is 33.0. The van der Waals surface area contributed by atoms with Gasteiger partial charge in [0.1, 0.15) is 29.2 Å². The molecule has 12 rings (SSSR count). The van der Waals surface area contributed by atoms with Gasteiger partial charge in [-0.15, -0.1) is 0 Å². The fraction of sp³-hybridized carbons (Fsp3) is 0.235. The van der Waals surface area contributed by atoms with Crippen molar-refractivity contribution >= 4 is 141 Å². The molecule has 0 saturated heterocycles. The quantitative estimate of drug-likeness (QED) is 0.0220. The van der Waals surface area contributed by atoms with E-state index < -0.39 is 108 Å². The maximum absolute atomic E-state index is 13.5. The fourth-order valence-corrected chi connectivity index (χ4v) is 21.2. The number of carboxylic acids is 1. The number of fused-ring (bicyclic) bond motifs is 4. The van der Waals surface area contributed by atoms with Crippen molar-refractivity contribution < 1.29 is 145 Å². The molecule has 4 N–H and O–H groups in total. The number of hydrogen-bond donors (Lipinski definition) is 4. The summed E-state index contributed by atoms with van der Waals surface area (Å²) in [6.45, 7) is 0. The molecule has 0 aliphatic carbocycles. The molecule has 0 radical (unpaired) electrons. The van der Waals surface area contributed by atoms with Crippen molar-refractivity contribution in [1.29, 1.82) is 0 Å². The first-order valence-electron chi connectivity index (χ1n) is 30.8. The van der Waals surface area contributed by atoms with Crippen molar-refractivity contribution in [3.8, 4) is 17.2 Å². The van der Waals surface area contributed by atoms with Gasteiger partial charge in [0.2, 0.25) is 5.91 Å². The normalized spacial score (nSPS) is 17.2. The van der Waals surface area contributed by atoms with Crippen LogP contribution in [0.4, 0.5) is 27.1 Å². The van der Waals surface area contributed by atoms with Gasteiger partial charge in [0.15, 0.2) is 6.23 Å². The number of para-hydroxylation sites is 4. The van der Waals surface area contributed by atoms with Crippen molar-refractivity contribution in [3.63, 3.8) is 0 Å². The van der Waals surface area contributed by atoms with Crippen LogP contribution in [0.5, 0.6) is 17.2 Å². The van der Waals surface area contributed by atoms with E-state index in [1.54, 1.807) is 109 Å². The van der Waals surface area contributed by atoms with Crippen molar-refractivity contribution in [3.05, 3.63) is 218 Å². The fourth-order valence-electron chi connectivity index (χ4n) is 11.4. The van der Waals surface area contributed by atoms with Crippen LogP contribution in [0.15, 0.2) is 189 Å².